The Kier molecular flexibility index (Phi) is 9.01. The Morgan fingerprint density at radius 2 is 2.05 bits per heavy atom. The summed E-state index contributed by atoms with van der Waals surface area (Å²) in [6.45, 7) is 2.10. The van der Waals surface area contributed by atoms with E-state index in [0.29, 0.717) is 38.6 Å². The van der Waals surface area contributed by atoms with E-state index in [0.717, 1.165) is 25.7 Å². The summed E-state index contributed by atoms with van der Waals surface area (Å²) in [7, 11) is 1.59. The van der Waals surface area contributed by atoms with Crippen LogP contribution in [0.2, 0.25) is 0 Å². The summed E-state index contributed by atoms with van der Waals surface area (Å²) in [4.78, 5) is 23.6. The van der Waals surface area contributed by atoms with Crippen molar-refractivity contribution in [3.63, 3.8) is 0 Å². The Morgan fingerprint density at radius 3 is 2.76 bits per heavy atom. The maximum absolute atomic E-state index is 12.1. The lowest BCUT2D eigenvalue weighted by atomic mass is 9.79. The van der Waals surface area contributed by atoms with Gasteiger partial charge in [-0.05, 0) is 31.7 Å². The summed E-state index contributed by atoms with van der Waals surface area (Å²) >= 11 is 0. The Labute approximate surface area is 127 Å². The molecule has 1 fully saturated rings. The fraction of sp³-hybridized carbons (Fsp3) is 0.867. The van der Waals surface area contributed by atoms with E-state index in [4.69, 9.17) is 10.5 Å². The molecule has 6 heteroatoms. The molecule has 0 heterocycles. The van der Waals surface area contributed by atoms with Crippen LogP contribution in [0, 0.1) is 11.8 Å². The molecule has 1 rings (SSSR count). The van der Waals surface area contributed by atoms with Crippen LogP contribution >= 0.6 is 0 Å². The summed E-state index contributed by atoms with van der Waals surface area (Å²) in [5, 5.41) is 5.61. The van der Waals surface area contributed by atoms with Crippen LogP contribution in [0.1, 0.15) is 38.5 Å². The number of amides is 2. The minimum Gasteiger partial charge on any atom is -0.383 e. The number of methoxy groups -OCH3 is 1. The fourth-order valence-electron chi connectivity index (χ4n) is 2.85. The second-order valence-corrected chi connectivity index (χ2v) is 5.69. The van der Waals surface area contributed by atoms with E-state index >= 15 is 0 Å². The standard InChI is InChI=1S/C15H29N3O3/c1-21-10-9-17-14(19)6-8-18-15(20)13-4-2-3-12(11-13)5-7-16/h12-13H,2-11,16H2,1H3,(H,17,19)(H,18,20). The Balaban J connectivity index is 2.16. The second kappa shape index (κ2) is 10.6. The Morgan fingerprint density at radius 1 is 1.24 bits per heavy atom. The van der Waals surface area contributed by atoms with Crippen LogP contribution in [0.3, 0.4) is 0 Å². The van der Waals surface area contributed by atoms with Crippen LogP contribution in [0.15, 0.2) is 0 Å². The number of nitrogens with two attached hydrogens (primary N) is 1. The van der Waals surface area contributed by atoms with Gasteiger partial charge in [0.05, 0.1) is 6.61 Å². The molecule has 0 radical (unpaired) electrons. The summed E-state index contributed by atoms with van der Waals surface area (Å²) in [6, 6.07) is 0. The molecule has 0 saturated heterocycles. The van der Waals surface area contributed by atoms with Crippen molar-refractivity contribution in [2.24, 2.45) is 17.6 Å². The molecule has 6 nitrogen and oxygen atoms in total. The zero-order valence-electron chi connectivity index (χ0n) is 13.0. The monoisotopic (exact) mass is 299 g/mol. The van der Waals surface area contributed by atoms with Crippen LogP contribution in [0.4, 0.5) is 0 Å². The van der Waals surface area contributed by atoms with Crippen LogP contribution < -0.4 is 16.4 Å². The van der Waals surface area contributed by atoms with Gasteiger partial charge in [0.15, 0.2) is 0 Å². The molecule has 4 N–H and O–H groups in total. The molecule has 0 bridgehead atoms. The summed E-state index contributed by atoms with van der Waals surface area (Å²) in [5.41, 5.74) is 5.59. The van der Waals surface area contributed by atoms with Gasteiger partial charge in [0, 0.05) is 32.5 Å². The number of rotatable bonds is 9. The van der Waals surface area contributed by atoms with Gasteiger partial charge in [-0.2, -0.15) is 0 Å². The molecule has 1 saturated carbocycles. The Hall–Kier alpha value is -1.14. The van der Waals surface area contributed by atoms with Crippen LogP contribution in [0.5, 0.6) is 0 Å². The lowest BCUT2D eigenvalue weighted by molar-refractivity contribution is -0.126. The maximum Gasteiger partial charge on any atom is 0.223 e. The molecule has 0 spiro atoms. The molecule has 1 aliphatic rings. The van der Waals surface area contributed by atoms with Crippen molar-refractivity contribution in [1.29, 1.82) is 0 Å². The van der Waals surface area contributed by atoms with Gasteiger partial charge in [-0.15, -0.1) is 0 Å². The third kappa shape index (κ3) is 7.43. The molecule has 2 amide bonds. The van der Waals surface area contributed by atoms with Gasteiger partial charge in [0.1, 0.15) is 0 Å². The van der Waals surface area contributed by atoms with Gasteiger partial charge in [-0.3, -0.25) is 9.59 Å². The van der Waals surface area contributed by atoms with Crippen molar-refractivity contribution in [3.8, 4) is 0 Å². The quantitative estimate of drug-likeness (QED) is 0.538. The predicted molar refractivity (Wildman–Crippen MR) is 81.6 cm³/mol. The zero-order valence-corrected chi connectivity index (χ0v) is 13.0. The van der Waals surface area contributed by atoms with E-state index in [2.05, 4.69) is 10.6 Å². The predicted octanol–water partition coefficient (Wildman–Crippen LogP) is 0.411. The van der Waals surface area contributed by atoms with Crippen molar-refractivity contribution < 1.29 is 14.3 Å². The highest BCUT2D eigenvalue weighted by Crippen LogP contribution is 2.30. The van der Waals surface area contributed by atoms with Crippen LogP contribution in [-0.2, 0) is 14.3 Å². The van der Waals surface area contributed by atoms with E-state index in [1.807, 2.05) is 0 Å². The van der Waals surface area contributed by atoms with Gasteiger partial charge < -0.3 is 21.1 Å². The van der Waals surface area contributed by atoms with E-state index in [1.54, 1.807) is 7.11 Å². The first kappa shape index (κ1) is 17.9. The third-order valence-electron chi connectivity index (χ3n) is 4.01. The highest BCUT2D eigenvalue weighted by molar-refractivity contribution is 5.80. The van der Waals surface area contributed by atoms with E-state index in [9.17, 15) is 9.59 Å². The SMILES string of the molecule is COCCNC(=O)CCNC(=O)C1CCCC(CCN)C1. The average Bonchev–Trinajstić information content (AvgIpc) is 2.48. The van der Waals surface area contributed by atoms with Gasteiger partial charge in [0.2, 0.25) is 11.8 Å². The molecule has 2 atom stereocenters. The highest BCUT2D eigenvalue weighted by Gasteiger charge is 2.26. The molecule has 0 aromatic carbocycles. The van der Waals surface area contributed by atoms with Gasteiger partial charge in [0.25, 0.3) is 0 Å². The number of hydrogen-bond donors (Lipinski definition) is 3. The lowest BCUT2D eigenvalue weighted by Gasteiger charge is -2.28. The van der Waals surface area contributed by atoms with Gasteiger partial charge >= 0.3 is 0 Å². The maximum atomic E-state index is 12.1. The molecular formula is C15H29N3O3. The Bertz CT molecular complexity index is 321. The summed E-state index contributed by atoms with van der Waals surface area (Å²) in [6.07, 6.45) is 5.49. The number of nitrogens with one attached hydrogen (secondary N) is 2. The number of ether oxygens (including phenoxy) is 1. The van der Waals surface area contributed by atoms with E-state index in [1.165, 1.54) is 6.42 Å². The van der Waals surface area contributed by atoms with Crippen molar-refractivity contribution in [2.75, 3.05) is 33.4 Å². The second-order valence-electron chi connectivity index (χ2n) is 5.69. The van der Waals surface area contributed by atoms with Crippen molar-refractivity contribution in [3.05, 3.63) is 0 Å². The number of hydrogen-bond acceptors (Lipinski definition) is 4. The van der Waals surface area contributed by atoms with Crippen LogP contribution in [0.25, 0.3) is 0 Å². The highest BCUT2D eigenvalue weighted by atomic mass is 16.5. The lowest BCUT2D eigenvalue weighted by Crippen LogP contribution is -2.37. The molecule has 0 aromatic heterocycles. The number of carbonyl (C=O) groups is 2. The van der Waals surface area contributed by atoms with Crippen LogP contribution in [-0.4, -0.2) is 45.2 Å². The van der Waals surface area contributed by atoms with Crippen molar-refractivity contribution in [1.82, 2.24) is 10.6 Å². The fourth-order valence-corrected chi connectivity index (χ4v) is 2.85. The largest absolute Gasteiger partial charge is 0.383 e. The first-order chi connectivity index (χ1) is 10.2. The smallest absolute Gasteiger partial charge is 0.223 e. The normalized spacial score (nSPS) is 21.8. The average molecular weight is 299 g/mol. The van der Waals surface area contributed by atoms with E-state index in [-0.39, 0.29) is 17.7 Å². The molecule has 0 aliphatic heterocycles. The molecule has 21 heavy (non-hydrogen) atoms. The topological polar surface area (TPSA) is 93.5 Å². The molecule has 2 unspecified atom stereocenters. The minimum atomic E-state index is -0.0583. The molecule has 0 aromatic rings. The first-order valence-corrected chi connectivity index (χ1v) is 7.90. The minimum absolute atomic E-state index is 0.0583. The molecule has 122 valence electrons. The molecular weight excluding hydrogens is 270 g/mol. The number of carbonyl (C=O) groups excluding carboxylic acids is 2. The summed E-state index contributed by atoms with van der Waals surface area (Å²) in [5.74, 6) is 0.696. The summed E-state index contributed by atoms with van der Waals surface area (Å²) < 4.78 is 4.85. The van der Waals surface area contributed by atoms with Gasteiger partial charge in [-0.1, -0.05) is 12.8 Å². The molecule has 1 aliphatic carbocycles. The van der Waals surface area contributed by atoms with E-state index < -0.39 is 0 Å². The third-order valence-corrected chi connectivity index (χ3v) is 4.01. The van der Waals surface area contributed by atoms with Crippen molar-refractivity contribution >= 4 is 11.8 Å². The van der Waals surface area contributed by atoms with Gasteiger partial charge in [-0.25, -0.2) is 0 Å². The first-order valence-electron chi connectivity index (χ1n) is 7.90. The zero-order chi connectivity index (χ0) is 15.5. The van der Waals surface area contributed by atoms with Crippen molar-refractivity contribution in [2.45, 2.75) is 38.5 Å².